The van der Waals surface area contributed by atoms with E-state index in [1.807, 2.05) is 6.92 Å². The van der Waals surface area contributed by atoms with E-state index in [1.165, 1.54) is 6.07 Å². The summed E-state index contributed by atoms with van der Waals surface area (Å²) in [5, 5.41) is 0.963. The molecule has 0 fully saturated rings. The van der Waals surface area contributed by atoms with Gasteiger partial charge in [0, 0.05) is 10.9 Å². The molecule has 2 rings (SSSR count). The van der Waals surface area contributed by atoms with Gasteiger partial charge in [0.25, 0.3) is 0 Å². The van der Waals surface area contributed by atoms with Crippen molar-refractivity contribution in [2.24, 2.45) is 0 Å². The van der Waals surface area contributed by atoms with Crippen LogP contribution < -0.4 is 4.74 Å². The maximum Gasteiger partial charge on any atom is 0.147 e. The lowest BCUT2D eigenvalue weighted by molar-refractivity contribution is 0.319. The molecule has 0 saturated carbocycles. The molecule has 86 valence electrons. The Hall–Kier alpha value is -1.51. The average molecular weight is 221 g/mol. The SMILES string of the molecule is CCCOc1c(C)[nH]c2c(C)c(F)ccc12. The molecule has 0 atom stereocenters. The fraction of sp³-hybridized carbons (Fsp3) is 0.385. The van der Waals surface area contributed by atoms with Gasteiger partial charge in [0.2, 0.25) is 0 Å². The fourth-order valence-corrected chi connectivity index (χ4v) is 1.87. The van der Waals surface area contributed by atoms with E-state index in [-0.39, 0.29) is 5.82 Å². The highest BCUT2D eigenvalue weighted by molar-refractivity contribution is 5.90. The monoisotopic (exact) mass is 221 g/mol. The zero-order valence-corrected chi connectivity index (χ0v) is 9.86. The molecule has 1 heterocycles. The van der Waals surface area contributed by atoms with Crippen LogP contribution >= 0.6 is 0 Å². The molecule has 0 saturated heterocycles. The Morgan fingerprint density at radius 3 is 2.75 bits per heavy atom. The van der Waals surface area contributed by atoms with E-state index in [2.05, 4.69) is 11.9 Å². The van der Waals surface area contributed by atoms with Crippen molar-refractivity contribution < 1.29 is 9.13 Å². The number of halogens is 1. The molecule has 0 amide bonds. The number of ether oxygens (including phenoxy) is 1. The molecule has 0 aliphatic rings. The molecule has 0 radical (unpaired) electrons. The first-order valence-corrected chi connectivity index (χ1v) is 5.55. The first kappa shape index (κ1) is 11.0. The summed E-state index contributed by atoms with van der Waals surface area (Å²) in [6.45, 7) is 6.47. The van der Waals surface area contributed by atoms with Crippen LogP contribution in [0.2, 0.25) is 0 Å². The minimum atomic E-state index is -0.184. The number of aromatic nitrogens is 1. The summed E-state index contributed by atoms with van der Waals surface area (Å²) in [6, 6.07) is 3.26. The molecule has 0 bridgehead atoms. The number of fused-ring (bicyclic) bond motifs is 1. The lowest BCUT2D eigenvalue weighted by atomic mass is 10.1. The zero-order valence-electron chi connectivity index (χ0n) is 9.86. The third kappa shape index (κ3) is 1.66. The highest BCUT2D eigenvalue weighted by atomic mass is 19.1. The lowest BCUT2D eigenvalue weighted by Crippen LogP contribution is -1.95. The molecular weight excluding hydrogens is 205 g/mol. The first-order chi connectivity index (χ1) is 7.65. The summed E-state index contributed by atoms with van der Waals surface area (Å²) in [7, 11) is 0. The molecule has 16 heavy (non-hydrogen) atoms. The van der Waals surface area contributed by atoms with Gasteiger partial charge < -0.3 is 9.72 Å². The highest BCUT2D eigenvalue weighted by Crippen LogP contribution is 2.32. The summed E-state index contributed by atoms with van der Waals surface area (Å²) >= 11 is 0. The maximum atomic E-state index is 13.4. The number of H-pyrrole nitrogens is 1. The fourth-order valence-electron chi connectivity index (χ4n) is 1.87. The number of nitrogens with one attached hydrogen (secondary N) is 1. The Balaban J connectivity index is 2.58. The number of rotatable bonds is 3. The van der Waals surface area contributed by atoms with Crippen molar-refractivity contribution in [1.82, 2.24) is 4.98 Å². The van der Waals surface area contributed by atoms with E-state index < -0.39 is 0 Å². The Kier molecular flexibility index (Phi) is 2.86. The number of hydrogen-bond acceptors (Lipinski definition) is 1. The third-order valence-corrected chi connectivity index (χ3v) is 2.75. The van der Waals surface area contributed by atoms with Gasteiger partial charge in [-0.2, -0.15) is 0 Å². The molecule has 1 N–H and O–H groups in total. The van der Waals surface area contributed by atoms with Gasteiger partial charge in [-0.05, 0) is 32.4 Å². The second-order valence-electron chi connectivity index (χ2n) is 4.02. The highest BCUT2D eigenvalue weighted by Gasteiger charge is 2.12. The number of hydrogen-bond donors (Lipinski definition) is 1. The van der Waals surface area contributed by atoms with E-state index in [0.29, 0.717) is 12.2 Å². The zero-order chi connectivity index (χ0) is 11.7. The number of benzene rings is 1. The van der Waals surface area contributed by atoms with Crippen molar-refractivity contribution in [2.75, 3.05) is 6.61 Å². The molecule has 0 aliphatic heterocycles. The van der Waals surface area contributed by atoms with Crippen LogP contribution in [-0.2, 0) is 0 Å². The summed E-state index contributed by atoms with van der Waals surface area (Å²) in [4.78, 5) is 3.18. The summed E-state index contributed by atoms with van der Waals surface area (Å²) < 4.78 is 19.1. The van der Waals surface area contributed by atoms with E-state index in [1.54, 1.807) is 13.0 Å². The number of aromatic amines is 1. The molecule has 0 spiro atoms. The molecule has 1 aromatic carbocycles. The molecule has 2 aromatic rings. The van der Waals surface area contributed by atoms with E-state index in [9.17, 15) is 4.39 Å². The van der Waals surface area contributed by atoms with Gasteiger partial charge in [-0.1, -0.05) is 6.92 Å². The number of aryl methyl sites for hydroxylation is 2. The Morgan fingerprint density at radius 1 is 1.31 bits per heavy atom. The summed E-state index contributed by atoms with van der Waals surface area (Å²) in [6.07, 6.45) is 0.965. The van der Waals surface area contributed by atoms with Crippen molar-refractivity contribution >= 4 is 10.9 Å². The van der Waals surface area contributed by atoms with Gasteiger partial charge in [-0.25, -0.2) is 4.39 Å². The predicted molar refractivity (Wildman–Crippen MR) is 63.5 cm³/mol. The predicted octanol–water partition coefficient (Wildman–Crippen LogP) is 3.71. The van der Waals surface area contributed by atoms with Crippen LogP contribution in [0.5, 0.6) is 5.75 Å². The maximum absolute atomic E-state index is 13.4. The topological polar surface area (TPSA) is 25.0 Å². The van der Waals surface area contributed by atoms with Crippen LogP contribution in [0.15, 0.2) is 12.1 Å². The van der Waals surface area contributed by atoms with Gasteiger partial charge in [-0.15, -0.1) is 0 Å². The lowest BCUT2D eigenvalue weighted by Gasteiger charge is -2.04. The van der Waals surface area contributed by atoms with Gasteiger partial charge in [0.15, 0.2) is 0 Å². The third-order valence-electron chi connectivity index (χ3n) is 2.75. The molecule has 2 nitrogen and oxygen atoms in total. The van der Waals surface area contributed by atoms with Crippen molar-refractivity contribution in [2.45, 2.75) is 27.2 Å². The smallest absolute Gasteiger partial charge is 0.147 e. The molecule has 1 aromatic heterocycles. The molecule has 0 aliphatic carbocycles. The second kappa shape index (κ2) is 4.16. The van der Waals surface area contributed by atoms with Crippen LogP contribution in [0.25, 0.3) is 10.9 Å². The molecule has 3 heteroatoms. The quantitative estimate of drug-likeness (QED) is 0.839. The van der Waals surface area contributed by atoms with Gasteiger partial charge >= 0.3 is 0 Å². The minimum Gasteiger partial charge on any atom is -0.491 e. The van der Waals surface area contributed by atoms with Crippen molar-refractivity contribution in [3.63, 3.8) is 0 Å². The summed E-state index contributed by atoms with van der Waals surface area (Å²) in [5.74, 6) is 0.663. The molecular formula is C13H16FNO. The Morgan fingerprint density at radius 2 is 2.06 bits per heavy atom. The molecule has 0 unspecified atom stereocenters. The van der Waals surface area contributed by atoms with Crippen LogP contribution in [0.4, 0.5) is 4.39 Å². The summed E-state index contributed by atoms with van der Waals surface area (Å²) in [5.41, 5.74) is 2.44. The Labute approximate surface area is 94.4 Å². The first-order valence-electron chi connectivity index (χ1n) is 5.55. The van der Waals surface area contributed by atoms with Crippen LogP contribution in [0.1, 0.15) is 24.6 Å². The Bertz CT molecular complexity index is 516. The van der Waals surface area contributed by atoms with E-state index in [0.717, 1.165) is 28.8 Å². The van der Waals surface area contributed by atoms with Crippen molar-refractivity contribution in [3.8, 4) is 5.75 Å². The van der Waals surface area contributed by atoms with Crippen LogP contribution in [0, 0.1) is 19.7 Å². The van der Waals surface area contributed by atoms with Crippen molar-refractivity contribution in [1.29, 1.82) is 0 Å². The van der Waals surface area contributed by atoms with E-state index in [4.69, 9.17) is 4.74 Å². The second-order valence-corrected chi connectivity index (χ2v) is 4.02. The van der Waals surface area contributed by atoms with Crippen LogP contribution in [0.3, 0.4) is 0 Å². The minimum absolute atomic E-state index is 0.184. The van der Waals surface area contributed by atoms with Crippen LogP contribution in [-0.4, -0.2) is 11.6 Å². The average Bonchev–Trinajstić information content (AvgIpc) is 2.58. The van der Waals surface area contributed by atoms with Gasteiger partial charge in [0.05, 0.1) is 17.8 Å². The van der Waals surface area contributed by atoms with Gasteiger partial charge in [0.1, 0.15) is 11.6 Å². The van der Waals surface area contributed by atoms with Gasteiger partial charge in [-0.3, -0.25) is 0 Å². The van der Waals surface area contributed by atoms with E-state index >= 15 is 0 Å². The largest absolute Gasteiger partial charge is 0.491 e. The van der Waals surface area contributed by atoms with Crippen molar-refractivity contribution in [3.05, 3.63) is 29.2 Å². The standard InChI is InChI=1S/C13H16FNO/c1-4-7-16-13-9(3)15-12-8(2)11(14)6-5-10(12)13/h5-6,15H,4,7H2,1-3H3. The normalized spacial score (nSPS) is 11.0.